The summed E-state index contributed by atoms with van der Waals surface area (Å²) in [6.07, 6.45) is 17.1. The Morgan fingerprint density at radius 1 is 0.915 bits per heavy atom. The molecule has 1 unspecified atom stereocenters. The number of ether oxygens (including phenoxy) is 1. The van der Waals surface area contributed by atoms with Crippen molar-refractivity contribution >= 4 is 22.4 Å². The van der Waals surface area contributed by atoms with E-state index < -0.39 is 10.8 Å². The number of carbonyl (C=O) groups excluding carboxylic acids is 1. The first-order valence-corrected chi connectivity index (χ1v) is 19.7. The minimum Gasteiger partial charge on any atom is -0.496 e. The molecule has 1 amide bonds. The number of hydrogen-bond acceptors (Lipinski definition) is 5. The molecule has 0 spiro atoms. The van der Waals surface area contributed by atoms with E-state index in [9.17, 15) is 9.00 Å². The number of hydrogen-bond donors (Lipinski definition) is 0. The van der Waals surface area contributed by atoms with Gasteiger partial charge in [-0.25, -0.2) is 0 Å². The van der Waals surface area contributed by atoms with Crippen molar-refractivity contribution in [1.29, 1.82) is 0 Å². The molecule has 2 heterocycles. The molecule has 2 aromatic carbocycles. The van der Waals surface area contributed by atoms with Gasteiger partial charge in [-0.1, -0.05) is 24.3 Å². The van der Waals surface area contributed by atoms with Crippen LogP contribution in [0.2, 0.25) is 0 Å². The van der Waals surface area contributed by atoms with Crippen LogP contribution >= 0.6 is 0 Å². The van der Waals surface area contributed by atoms with Crippen LogP contribution in [0.5, 0.6) is 5.75 Å². The lowest BCUT2D eigenvalue weighted by Crippen LogP contribution is -2.55. The molecule has 4 aliphatic rings. The average Bonchev–Trinajstić information content (AvgIpc) is 3.81. The Morgan fingerprint density at radius 3 is 2.34 bits per heavy atom. The molecule has 0 N–H and O–H groups in total. The summed E-state index contributed by atoms with van der Waals surface area (Å²) >= 11 is 0. The van der Waals surface area contributed by atoms with Gasteiger partial charge in [0.15, 0.2) is 0 Å². The van der Waals surface area contributed by atoms with Gasteiger partial charge < -0.3 is 9.64 Å². The van der Waals surface area contributed by atoms with Crippen molar-refractivity contribution in [3.63, 3.8) is 0 Å². The molecule has 1 atom stereocenters. The van der Waals surface area contributed by atoms with Crippen LogP contribution in [0.15, 0.2) is 54.9 Å². The van der Waals surface area contributed by atoms with Crippen LogP contribution in [0, 0.1) is 24.7 Å². The van der Waals surface area contributed by atoms with Crippen molar-refractivity contribution < 1.29 is 13.7 Å². The van der Waals surface area contributed by atoms with Gasteiger partial charge in [-0.05, 0) is 124 Å². The van der Waals surface area contributed by atoms with Crippen LogP contribution in [-0.4, -0.2) is 69.6 Å². The molecular formula is C39H52N4O3S. The molecule has 3 aromatic rings. The second-order valence-corrected chi connectivity index (χ2v) is 16.4. The van der Waals surface area contributed by atoms with E-state index in [0.717, 1.165) is 99.3 Å². The summed E-state index contributed by atoms with van der Waals surface area (Å²) in [5.74, 6) is 3.80. The first kappa shape index (κ1) is 32.6. The third-order valence-electron chi connectivity index (χ3n) is 11.5. The Balaban J connectivity index is 1.04. The highest BCUT2D eigenvalue weighted by atomic mass is 32.2. The number of rotatable bonds is 11. The Labute approximate surface area is 283 Å². The van der Waals surface area contributed by atoms with Gasteiger partial charge in [0.05, 0.1) is 19.3 Å². The van der Waals surface area contributed by atoms with E-state index in [1.807, 2.05) is 12.5 Å². The predicted octanol–water partition coefficient (Wildman–Crippen LogP) is 7.38. The molecular weight excluding hydrogens is 605 g/mol. The van der Waals surface area contributed by atoms with Crippen molar-refractivity contribution in [1.82, 2.24) is 14.7 Å². The highest BCUT2D eigenvalue weighted by Gasteiger charge is 2.38. The number of anilines is 1. The zero-order valence-electron chi connectivity index (χ0n) is 28.5. The van der Waals surface area contributed by atoms with Crippen LogP contribution < -0.4 is 9.64 Å². The summed E-state index contributed by atoms with van der Waals surface area (Å²) < 4.78 is 19.3. The fraction of sp³-hybridized carbons (Fsp3) is 0.590. The van der Waals surface area contributed by atoms with Crippen LogP contribution in [0.4, 0.5) is 5.69 Å². The van der Waals surface area contributed by atoms with Gasteiger partial charge in [-0.2, -0.15) is 5.10 Å². The molecule has 0 bridgehead atoms. The van der Waals surface area contributed by atoms with Crippen LogP contribution in [0.25, 0.3) is 11.1 Å². The Bertz CT molecular complexity index is 1560. The van der Waals surface area contributed by atoms with Gasteiger partial charge in [0.1, 0.15) is 5.75 Å². The number of aromatic nitrogens is 2. The van der Waals surface area contributed by atoms with Crippen molar-refractivity contribution in [2.45, 2.75) is 89.1 Å². The second-order valence-electron chi connectivity index (χ2n) is 15.0. The molecule has 8 heteroatoms. The fourth-order valence-electron chi connectivity index (χ4n) is 8.55. The van der Waals surface area contributed by atoms with E-state index >= 15 is 0 Å². The van der Waals surface area contributed by atoms with E-state index in [0.29, 0.717) is 35.7 Å². The minimum atomic E-state index is -0.716. The van der Waals surface area contributed by atoms with Gasteiger partial charge in [0.25, 0.3) is 0 Å². The molecule has 0 radical (unpaired) electrons. The summed E-state index contributed by atoms with van der Waals surface area (Å²) in [5.41, 5.74) is 5.91. The smallest absolute Gasteiger partial charge is 0.230 e. The van der Waals surface area contributed by atoms with Crippen molar-refractivity contribution in [3.8, 4) is 16.9 Å². The number of amides is 1. The second kappa shape index (κ2) is 14.3. The number of nitrogens with zero attached hydrogens (tertiary/aromatic N) is 4. The predicted molar refractivity (Wildman–Crippen MR) is 190 cm³/mol. The maximum atomic E-state index is 14.5. The standard InChI is InChI=1S/C39H52N4O3S/c1-27-19-33(13-18-38(27)46-2)30-9-7-28(8-10-30)24-42(37-6-4-5-32(20-37)34-21-40-43(25-34)36-16-17-36)39(44)31-11-14-35(15-12-31)41-22-29(23-41)26-47(3)45/h4-6,13,18-21,25,28-31,35-36H,7-12,14-17,22-24,26H2,1-3H3. The lowest BCUT2D eigenvalue weighted by Gasteiger charge is -2.46. The Kier molecular flexibility index (Phi) is 9.88. The van der Waals surface area contributed by atoms with Gasteiger partial charge in [0.2, 0.25) is 5.91 Å². The minimum absolute atomic E-state index is 0.0753. The Hall–Kier alpha value is -2.97. The monoisotopic (exact) mass is 656 g/mol. The van der Waals surface area contributed by atoms with Crippen LogP contribution in [-0.2, 0) is 15.6 Å². The number of methoxy groups -OCH3 is 1. The maximum absolute atomic E-state index is 14.5. The molecule has 1 aromatic heterocycles. The largest absolute Gasteiger partial charge is 0.496 e. The molecule has 1 aliphatic heterocycles. The summed E-state index contributed by atoms with van der Waals surface area (Å²) in [6.45, 7) is 5.06. The SMILES string of the molecule is COc1ccc(C2CCC(CN(C(=O)C3CCC(N4CC(CS(C)=O)C4)CC3)c3cccc(-c4cnn(C5CC5)c4)c3)CC2)cc1C. The van der Waals surface area contributed by atoms with E-state index in [4.69, 9.17) is 4.74 Å². The molecule has 3 saturated carbocycles. The molecule has 252 valence electrons. The Morgan fingerprint density at radius 2 is 1.66 bits per heavy atom. The highest BCUT2D eigenvalue weighted by Crippen LogP contribution is 2.40. The fourth-order valence-corrected chi connectivity index (χ4v) is 9.42. The van der Waals surface area contributed by atoms with Crippen molar-refractivity contribution in [2.75, 3.05) is 43.7 Å². The topological polar surface area (TPSA) is 67.7 Å². The third kappa shape index (κ3) is 7.54. The first-order chi connectivity index (χ1) is 22.8. The molecule has 3 aliphatic carbocycles. The van der Waals surface area contributed by atoms with E-state index in [-0.39, 0.29) is 5.92 Å². The lowest BCUT2D eigenvalue weighted by molar-refractivity contribution is -0.124. The van der Waals surface area contributed by atoms with Crippen LogP contribution in [0.1, 0.15) is 87.3 Å². The van der Waals surface area contributed by atoms with Crippen molar-refractivity contribution in [2.24, 2.45) is 17.8 Å². The normalized spacial score (nSPS) is 26.0. The van der Waals surface area contributed by atoms with Crippen LogP contribution in [0.3, 0.4) is 0 Å². The van der Waals surface area contributed by atoms with E-state index in [1.54, 1.807) is 7.11 Å². The summed E-state index contributed by atoms with van der Waals surface area (Å²) in [5, 5.41) is 4.64. The summed E-state index contributed by atoms with van der Waals surface area (Å²) in [7, 11) is 1.02. The average molecular weight is 657 g/mol. The van der Waals surface area contributed by atoms with Gasteiger partial charge in [-0.15, -0.1) is 0 Å². The quantitative estimate of drug-likeness (QED) is 0.216. The van der Waals surface area contributed by atoms with Crippen molar-refractivity contribution in [3.05, 3.63) is 66.0 Å². The van der Waals surface area contributed by atoms with E-state index in [1.165, 1.54) is 24.0 Å². The van der Waals surface area contributed by atoms with Gasteiger partial charge in [-0.3, -0.25) is 18.6 Å². The highest BCUT2D eigenvalue weighted by molar-refractivity contribution is 7.84. The van der Waals surface area contributed by atoms with Gasteiger partial charge in [0, 0.05) is 71.8 Å². The zero-order chi connectivity index (χ0) is 32.5. The van der Waals surface area contributed by atoms with Gasteiger partial charge >= 0.3 is 0 Å². The third-order valence-corrected chi connectivity index (χ3v) is 12.4. The maximum Gasteiger partial charge on any atom is 0.230 e. The number of carbonyl (C=O) groups is 1. The number of benzene rings is 2. The number of likely N-dealkylation sites (tertiary alicyclic amines) is 1. The first-order valence-electron chi connectivity index (χ1n) is 18.0. The summed E-state index contributed by atoms with van der Waals surface area (Å²) in [6, 6.07) is 16.4. The zero-order valence-corrected chi connectivity index (χ0v) is 29.3. The molecule has 7 rings (SSSR count). The molecule has 4 fully saturated rings. The molecule has 47 heavy (non-hydrogen) atoms. The number of aryl methyl sites for hydroxylation is 1. The summed E-state index contributed by atoms with van der Waals surface area (Å²) in [4.78, 5) is 19.2. The lowest BCUT2D eigenvalue weighted by atomic mass is 9.78. The molecule has 7 nitrogen and oxygen atoms in total. The molecule has 1 saturated heterocycles. The van der Waals surface area contributed by atoms with E-state index in [2.05, 4.69) is 75.2 Å².